The molecular formula is C18H15FN4O4S. The van der Waals surface area contributed by atoms with E-state index >= 15 is 0 Å². The highest BCUT2D eigenvalue weighted by Crippen LogP contribution is 2.17. The van der Waals surface area contributed by atoms with E-state index in [4.69, 9.17) is 4.74 Å². The first-order chi connectivity index (χ1) is 13.5. The summed E-state index contributed by atoms with van der Waals surface area (Å²) in [6, 6.07) is 6.83. The molecule has 0 atom stereocenters. The van der Waals surface area contributed by atoms with Crippen molar-refractivity contribution in [1.29, 1.82) is 0 Å². The van der Waals surface area contributed by atoms with Gasteiger partial charge in [-0.3, -0.25) is 14.2 Å². The molecule has 10 heteroatoms. The topological polar surface area (TPSA) is 103 Å². The SMILES string of the molecule is CCOC(=O)c1csc(NC(=O)Cn2cnc(-c3ccc(F)cc3)cc2=O)n1. The lowest BCUT2D eigenvalue weighted by molar-refractivity contribution is -0.116. The fourth-order valence-electron chi connectivity index (χ4n) is 2.27. The maximum atomic E-state index is 13.0. The normalized spacial score (nSPS) is 10.5. The average molecular weight is 402 g/mol. The van der Waals surface area contributed by atoms with Crippen molar-refractivity contribution in [2.24, 2.45) is 0 Å². The van der Waals surface area contributed by atoms with E-state index < -0.39 is 17.4 Å². The summed E-state index contributed by atoms with van der Waals surface area (Å²) in [5.41, 5.74) is 0.630. The molecule has 144 valence electrons. The van der Waals surface area contributed by atoms with Gasteiger partial charge in [-0.15, -0.1) is 11.3 Å². The average Bonchev–Trinajstić information content (AvgIpc) is 3.13. The van der Waals surface area contributed by atoms with Gasteiger partial charge in [-0.1, -0.05) is 0 Å². The number of halogens is 1. The fraction of sp³-hybridized carbons (Fsp3) is 0.167. The van der Waals surface area contributed by atoms with Crippen molar-refractivity contribution in [3.8, 4) is 11.3 Å². The summed E-state index contributed by atoms with van der Waals surface area (Å²) in [5, 5.41) is 4.21. The fourth-order valence-corrected chi connectivity index (χ4v) is 2.96. The zero-order valence-electron chi connectivity index (χ0n) is 14.7. The number of hydrogen-bond donors (Lipinski definition) is 1. The summed E-state index contributed by atoms with van der Waals surface area (Å²) in [5.74, 6) is -1.46. The molecule has 0 aliphatic heterocycles. The Labute approximate surface area is 162 Å². The molecule has 2 heterocycles. The Morgan fingerprint density at radius 3 is 2.71 bits per heavy atom. The third-order valence-corrected chi connectivity index (χ3v) is 4.33. The van der Waals surface area contributed by atoms with Gasteiger partial charge in [0.05, 0.1) is 18.6 Å². The van der Waals surface area contributed by atoms with Crippen LogP contribution in [0.3, 0.4) is 0 Å². The van der Waals surface area contributed by atoms with Crippen molar-refractivity contribution in [3.63, 3.8) is 0 Å². The quantitative estimate of drug-likeness (QED) is 0.635. The third-order valence-electron chi connectivity index (χ3n) is 3.57. The first-order valence-corrected chi connectivity index (χ1v) is 9.09. The van der Waals surface area contributed by atoms with E-state index in [1.54, 1.807) is 6.92 Å². The molecule has 0 unspecified atom stereocenters. The molecule has 2 aromatic heterocycles. The summed E-state index contributed by atoms with van der Waals surface area (Å²) in [7, 11) is 0. The number of benzene rings is 1. The van der Waals surface area contributed by atoms with E-state index in [2.05, 4.69) is 15.3 Å². The van der Waals surface area contributed by atoms with E-state index in [9.17, 15) is 18.8 Å². The van der Waals surface area contributed by atoms with Gasteiger partial charge in [0.1, 0.15) is 12.4 Å². The smallest absolute Gasteiger partial charge is 0.357 e. The van der Waals surface area contributed by atoms with Gasteiger partial charge in [-0.2, -0.15) is 0 Å². The molecule has 0 saturated heterocycles. The molecule has 3 rings (SSSR count). The third kappa shape index (κ3) is 4.65. The van der Waals surface area contributed by atoms with Gasteiger partial charge in [-0.05, 0) is 31.2 Å². The van der Waals surface area contributed by atoms with Crippen LogP contribution in [0.1, 0.15) is 17.4 Å². The Hall–Kier alpha value is -3.40. The molecular weight excluding hydrogens is 387 g/mol. The second-order valence-electron chi connectivity index (χ2n) is 5.55. The van der Waals surface area contributed by atoms with Crippen molar-refractivity contribution in [3.05, 3.63) is 63.9 Å². The number of rotatable bonds is 6. The number of carbonyl (C=O) groups is 2. The number of amides is 1. The summed E-state index contributed by atoms with van der Waals surface area (Å²) in [4.78, 5) is 44.1. The van der Waals surface area contributed by atoms with Crippen LogP contribution < -0.4 is 10.9 Å². The van der Waals surface area contributed by atoms with Crippen molar-refractivity contribution in [2.75, 3.05) is 11.9 Å². The van der Waals surface area contributed by atoms with Crippen molar-refractivity contribution < 1.29 is 18.7 Å². The van der Waals surface area contributed by atoms with E-state index in [-0.39, 0.29) is 29.8 Å². The van der Waals surface area contributed by atoms with Gasteiger partial charge < -0.3 is 10.1 Å². The molecule has 0 spiro atoms. The highest BCUT2D eigenvalue weighted by atomic mass is 32.1. The van der Waals surface area contributed by atoms with Crippen molar-refractivity contribution in [1.82, 2.24) is 14.5 Å². The van der Waals surface area contributed by atoms with Gasteiger partial charge >= 0.3 is 5.97 Å². The molecule has 0 aliphatic carbocycles. The number of hydrogen-bond acceptors (Lipinski definition) is 7. The molecule has 0 bridgehead atoms. The van der Waals surface area contributed by atoms with E-state index in [1.807, 2.05) is 0 Å². The number of nitrogens with zero attached hydrogens (tertiary/aromatic N) is 3. The van der Waals surface area contributed by atoms with Gasteiger partial charge in [0.2, 0.25) is 5.91 Å². The number of anilines is 1. The minimum absolute atomic E-state index is 0.102. The van der Waals surface area contributed by atoms with E-state index in [0.29, 0.717) is 11.3 Å². The lowest BCUT2D eigenvalue weighted by atomic mass is 10.1. The first kappa shape index (κ1) is 19.4. The van der Waals surface area contributed by atoms with Crippen LogP contribution >= 0.6 is 11.3 Å². The zero-order chi connectivity index (χ0) is 20.1. The number of aromatic nitrogens is 3. The summed E-state index contributed by atoms with van der Waals surface area (Å²) < 4.78 is 18.9. The zero-order valence-corrected chi connectivity index (χ0v) is 15.5. The standard InChI is InChI=1S/C18H15FN4O4S/c1-2-27-17(26)14-9-28-18(21-14)22-15(24)8-23-10-20-13(7-16(23)25)11-3-5-12(19)6-4-11/h3-7,9-10H,2,8H2,1H3,(H,21,22,24). The maximum absolute atomic E-state index is 13.0. The van der Waals surface area contributed by atoms with Gasteiger partial charge in [-0.25, -0.2) is 19.2 Å². The highest BCUT2D eigenvalue weighted by Gasteiger charge is 2.14. The van der Waals surface area contributed by atoms with E-state index in [1.165, 1.54) is 42.0 Å². The van der Waals surface area contributed by atoms with E-state index in [0.717, 1.165) is 15.9 Å². The summed E-state index contributed by atoms with van der Waals surface area (Å²) in [6.45, 7) is 1.63. The van der Waals surface area contributed by atoms with Crippen molar-refractivity contribution >= 4 is 28.3 Å². The lowest BCUT2D eigenvalue weighted by Gasteiger charge is -2.06. The van der Waals surface area contributed by atoms with Crippen LogP contribution in [0.4, 0.5) is 9.52 Å². The lowest BCUT2D eigenvalue weighted by Crippen LogP contribution is -2.27. The predicted molar refractivity (Wildman–Crippen MR) is 101 cm³/mol. The van der Waals surface area contributed by atoms with Crippen LogP contribution in [0.15, 0.2) is 46.8 Å². The van der Waals surface area contributed by atoms with Gasteiger partial charge in [0, 0.05) is 17.0 Å². The Balaban J connectivity index is 1.66. The number of carbonyl (C=O) groups excluding carboxylic acids is 2. The highest BCUT2D eigenvalue weighted by molar-refractivity contribution is 7.14. The van der Waals surface area contributed by atoms with Crippen LogP contribution in [-0.2, 0) is 16.1 Å². The molecule has 28 heavy (non-hydrogen) atoms. The molecule has 0 radical (unpaired) electrons. The minimum atomic E-state index is -0.573. The Kier molecular flexibility index (Phi) is 5.90. The molecule has 0 fully saturated rings. The van der Waals surface area contributed by atoms with Crippen LogP contribution in [-0.4, -0.2) is 33.0 Å². The van der Waals surface area contributed by atoms with Crippen LogP contribution in [0, 0.1) is 5.82 Å². The molecule has 8 nitrogen and oxygen atoms in total. The molecule has 1 amide bonds. The minimum Gasteiger partial charge on any atom is -0.461 e. The summed E-state index contributed by atoms with van der Waals surface area (Å²) in [6.07, 6.45) is 1.24. The number of thiazole rings is 1. The van der Waals surface area contributed by atoms with Crippen LogP contribution in [0.2, 0.25) is 0 Å². The Morgan fingerprint density at radius 1 is 1.29 bits per heavy atom. The molecule has 3 aromatic rings. The number of ether oxygens (including phenoxy) is 1. The molecule has 0 aliphatic rings. The Bertz CT molecular complexity index is 1060. The van der Waals surface area contributed by atoms with Gasteiger partial charge in [0.25, 0.3) is 5.56 Å². The number of nitrogens with one attached hydrogen (secondary N) is 1. The first-order valence-electron chi connectivity index (χ1n) is 8.21. The summed E-state index contributed by atoms with van der Waals surface area (Å²) >= 11 is 1.07. The number of esters is 1. The Morgan fingerprint density at radius 2 is 2.04 bits per heavy atom. The maximum Gasteiger partial charge on any atom is 0.357 e. The predicted octanol–water partition coefficient (Wildman–Crippen LogP) is 2.32. The van der Waals surface area contributed by atoms with Crippen LogP contribution in [0.5, 0.6) is 0 Å². The van der Waals surface area contributed by atoms with Crippen molar-refractivity contribution in [2.45, 2.75) is 13.5 Å². The molecule has 0 saturated carbocycles. The second kappa shape index (κ2) is 8.53. The van der Waals surface area contributed by atoms with Gasteiger partial charge in [0.15, 0.2) is 10.8 Å². The molecule has 1 N–H and O–H groups in total. The molecule has 1 aromatic carbocycles. The second-order valence-corrected chi connectivity index (χ2v) is 6.41. The monoisotopic (exact) mass is 402 g/mol. The largest absolute Gasteiger partial charge is 0.461 e. The van der Waals surface area contributed by atoms with Crippen LogP contribution in [0.25, 0.3) is 11.3 Å².